The summed E-state index contributed by atoms with van der Waals surface area (Å²) in [5, 5.41) is 0. The molecule has 0 rings (SSSR count). The van der Waals surface area contributed by atoms with Gasteiger partial charge in [0.2, 0.25) is 5.91 Å². The van der Waals surface area contributed by atoms with Gasteiger partial charge < -0.3 is 9.64 Å². The van der Waals surface area contributed by atoms with E-state index in [2.05, 4.69) is 0 Å². The smallest absolute Gasteiger partial charge is 0.325 e. The first-order valence-corrected chi connectivity index (χ1v) is 5.44. The molecular weight excluding hydrogens is 210 g/mol. The lowest BCUT2D eigenvalue weighted by Gasteiger charge is -2.20. The van der Waals surface area contributed by atoms with Gasteiger partial charge in [-0.05, 0) is 20.3 Å². The highest BCUT2D eigenvalue weighted by atomic mass is 16.5. The lowest BCUT2D eigenvalue weighted by molar-refractivity contribution is -0.149. The SMILES string of the molecule is CCCN(CC(=O)OCC)C(=O)CC(C)=O. The summed E-state index contributed by atoms with van der Waals surface area (Å²) < 4.78 is 4.76. The average Bonchev–Trinajstić information content (AvgIpc) is 2.16. The van der Waals surface area contributed by atoms with E-state index in [0.717, 1.165) is 6.42 Å². The first-order chi connectivity index (χ1) is 7.51. The topological polar surface area (TPSA) is 63.7 Å². The van der Waals surface area contributed by atoms with E-state index in [0.29, 0.717) is 13.2 Å². The number of hydrogen-bond acceptors (Lipinski definition) is 4. The maximum atomic E-state index is 11.6. The molecule has 0 heterocycles. The number of hydrogen-bond donors (Lipinski definition) is 0. The van der Waals surface area contributed by atoms with Gasteiger partial charge in [0.1, 0.15) is 12.3 Å². The fourth-order valence-corrected chi connectivity index (χ4v) is 1.25. The molecule has 0 fully saturated rings. The van der Waals surface area contributed by atoms with Crippen molar-refractivity contribution >= 4 is 17.7 Å². The summed E-state index contributed by atoms with van der Waals surface area (Å²) in [7, 11) is 0. The van der Waals surface area contributed by atoms with Crippen molar-refractivity contribution < 1.29 is 19.1 Å². The molecule has 0 bridgehead atoms. The van der Waals surface area contributed by atoms with E-state index in [1.165, 1.54) is 11.8 Å². The molecule has 0 aliphatic carbocycles. The fraction of sp³-hybridized carbons (Fsp3) is 0.727. The Morgan fingerprint density at radius 3 is 2.25 bits per heavy atom. The van der Waals surface area contributed by atoms with E-state index in [4.69, 9.17) is 4.74 Å². The lowest BCUT2D eigenvalue weighted by Crippen LogP contribution is -2.37. The monoisotopic (exact) mass is 229 g/mol. The first-order valence-electron chi connectivity index (χ1n) is 5.44. The molecule has 0 unspecified atom stereocenters. The van der Waals surface area contributed by atoms with Crippen molar-refractivity contribution in [1.29, 1.82) is 0 Å². The summed E-state index contributed by atoms with van der Waals surface area (Å²) in [4.78, 5) is 35.0. The molecule has 0 saturated carbocycles. The van der Waals surface area contributed by atoms with E-state index >= 15 is 0 Å². The third-order valence-corrected chi connectivity index (χ3v) is 1.87. The van der Waals surface area contributed by atoms with Crippen LogP contribution in [0.5, 0.6) is 0 Å². The Hall–Kier alpha value is -1.39. The molecule has 5 nitrogen and oxygen atoms in total. The van der Waals surface area contributed by atoms with E-state index in [-0.39, 0.29) is 24.7 Å². The first kappa shape index (κ1) is 14.6. The minimum absolute atomic E-state index is 0.0756. The van der Waals surface area contributed by atoms with Crippen LogP contribution >= 0.6 is 0 Å². The lowest BCUT2D eigenvalue weighted by atomic mass is 10.2. The number of ketones is 1. The van der Waals surface area contributed by atoms with Crippen LogP contribution in [0.1, 0.15) is 33.6 Å². The molecule has 1 amide bonds. The van der Waals surface area contributed by atoms with Gasteiger partial charge in [-0.25, -0.2) is 0 Å². The van der Waals surface area contributed by atoms with Crippen LogP contribution in [0.4, 0.5) is 0 Å². The van der Waals surface area contributed by atoms with Gasteiger partial charge in [0.25, 0.3) is 0 Å². The van der Waals surface area contributed by atoms with Crippen LogP contribution in [0.2, 0.25) is 0 Å². The summed E-state index contributed by atoms with van der Waals surface area (Å²) in [6.07, 6.45) is 0.586. The van der Waals surface area contributed by atoms with Crippen molar-refractivity contribution in [3.8, 4) is 0 Å². The molecule has 0 aliphatic rings. The molecule has 0 spiro atoms. The number of rotatable bonds is 7. The van der Waals surface area contributed by atoms with E-state index < -0.39 is 5.97 Å². The minimum Gasteiger partial charge on any atom is -0.465 e. The minimum atomic E-state index is -0.437. The van der Waals surface area contributed by atoms with Crippen LogP contribution in [-0.2, 0) is 19.1 Å². The van der Waals surface area contributed by atoms with Gasteiger partial charge in [0, 0.05) is 6.54 Å². The van der Waals surface area contributed by atoms with Crippen LogP contribution < -0.4 is 0 Å². The molecular formula is C11H19NO4. The summed E-state index contributed by atoms with van der Waals surface area (Å²) in [6.45, 7) is 5.64. The van der Waals surface area contributed by atoms with Crippen molar-refractivity contribution in [2.24, 2.45) is 0 Å². The quantitative estimate of drug-likeness (QED) is 0.478. The maximum absolute atomic E-state index is 11.6. The molecule has 0 saturated heterocycles. The van der Waals surface area contributed by atoms with Gasteiger partial charge in [-0.2, -0.15) is 0 Å². The zero-order valence-electron chi connectivity index (χ0n) is 10.1. The molecule has 0 aliphatic heterocycles. The van der Waals surface area contributed by atoms with Gasteiger partial charge in [-0.15, -0.1) is 0 Å². The van der Waals surface area contributed by atoms with E-state index in [1.807, 2.05) is 6.92 Å². The normalized spacial score (nSPS) is 9.69. The van der Waals surface area contributed by atoms with Crippen LogP contribution in [0.15, 0.2) is 0 Å². The molecule has 0 aromatic heterocycles. The second-order valence-corrected chi connectivity index (χ2v) is 3.50. The maximum Gasteiger partial charge on any atom is 0.325 e. The van der Waals surface area contributed by atoms with Crippen molar-refractivity contribution in [2.45, 2.75) is 33.6 Å². The number of carbonyl (C=O) groups is 3. The zero-order valence-corrected chi connectivity index (χ0v) is 10.1. The van der Waals surface area contributed by atoms with Gasteiger partial charge in [-0.1, -0.05) is 6.92 Å². The van der Waals surface area contributed by atoms with E-state index in [1.54, 1.807) is 6.92 Å². The van der Waals surface area contributed by atoms with Crippen LogP contribution in [0, 0.1) is 0 Å². The largest absolute Gasteiger partial charge is 0.465 e. The number of Topliss-reactive ketones (excluding diaryl/α,β-unsaturated/α-hetero) is 1. The van der Waals surface area contributed by atoms with Gasteiger partial charge in [0.05, 0.1) is 13.0 Å². The molecule has 0 aromatic carbocycles. The molecule has 0 atom stereocenters. The molecule has 0 radical (unpaired) electrons. The van der Waals surface area contributed by atoms with Crippen molar-refractivity contribution in [2.75, 3.05) is 19.7 Å². The summed E-state index contributed by atoms with van der Waals surface area (Å²) in [5.74, 6) is -0.954. The predicted octanol–water partition coefficient (Wildman–Crippen LogP) is 0.767. The molecule has 5 heteroatoms. The third kappa shape index (κ3) is 6.16. The Labute approximate surface area is 95.7 Å². The van der Waals surface area contributed by atoms with Gasteiger partial charge in [0.15, 0.2) is 0 Å². The van der Waals surface area contributed by atoms with Crippen molar-refractivity contribution in [3.63, 3.8) is 0 Å². The Bertz CT molecular complexity index is 263. The van der Waals surface area contributed by atoms with Crippen LogP contribution in [0.3, 0.4) is 0 Å². The highest BCUT2D eigenvalue weighted by Crippen LogP contribution is 1.98. The Morgan fingerprint density at radius 1 is 1.19 bits per heavy atom. The zero-order chi connectivity index (χ0) is 12.6. The standard InChI is InChI=1S/C11H19NO4/c1-4-6-12(8-11(15)16-5-2)10(14)7-9(3)13/h4-8H2,1-3H3. The molecule has 16 heavy (non-hydrogen) atoms. The second-order valence-electron chi connectivity index (χ2n) is 3.50. The Morgan fingerprint density at radius 2 is 1.81 bits per heavy atom. The van der Waals surface area contributed by atoms with Crippen LogP contribution in [0.25, 0.3) is 0 Å². The number of esters is 1. The fourth-order valence-electron chi connectivity index (χ4n) is 1.25. The summed E-state index contributed by atoms with van der Waals surface area (Å²) in [6, 6.07) is 0. The van der Waals surface area contributed by atoms with E-state index in [9.17, 15) is 14.4 Å². The highest BCUT2D eigenvalue weighted by Gasteiger charge is 2.18. The predicted molar refractivity (Wildman–Crippen MR) is 58.8 cm³/mol. The highest BCUT2D eigenvalue weighted by molar-refractivity contribution is 5.97. The number of ether oxygens (including phenoxy) is 1. The van der Waals surface area contributed by atoms with Crippen molar-refractivity contribution in [3.05, 3.63) is 0 Å². The Kier molecular flexibility index (Phi) is 7.16. The molecule has 0 N–H and O–H groups in total. The van der Waals surface area contributed by atoms with Gasteiger partial charge >= 0.3 is 5.97 Å². The van der Waals surface area contributed by atoms with Crippen molar-refractivity contribution in [1.82, 2.24) is 4.90 Å². The number of nitrogens with zero attached hydrogens (tertiary/aromatic N) is 1. The molecule has 92 valence electrons. The van der Waals surface area contributed by atoms with Crippen LogP contribution in [-0.4, -0.2) is 42.3 Å². The van der Waals surface area contributed by atoms with Gasteiger partial charge in [-0.3, -0.25) is 14.4 Å². The number of carbonyl (C=O) groups excluding carboxylic acids is 3. The molecule has 0 aromatic rings. The third-order valence-electron chi connectivity index (χ3n) is 1.87. The average molecular weight is 229 g/mol. The number of amides is 1. The Balaban J connectivity index is 4.30. The summed E-state index contributed by atoms with van der Waals surface area (Å²) >= 11 is 0. The summed E-state index contributed by atoms with van der Waals surface area (Å²) in [5.41, 5.74) is 0. The second kappa shape index (κ2) is 7.84.